The fourth-order valence-electron chi connectivity index (χ4n) is 2.86. The second-order valence-electron chi connectivity index (χ2n) is 6.46. The monoisotopic (exact) mass is 349 g/mol. The fourth-order valence-corrected chi connectivity index (χ4v) is 2.86. The summed E-state index contributed by atoms with van der Waals surface area (Å²) >= 11 is 0. The van der Waals surface area contributed by atoms with Crippen molar-refractivity contribution >= 4 is 5.96 Å². The molecular formula is C18H31N5O2. The van der Waals surface area contributed by atoms with Crippen LogP contribution in [0, 0.1) is 0 Å². The van der Waals surface area contributed by atoms with Crippen LogP contribution in [0.1, 0.15) is 12.5 Å². The molecule has 0 amide bonds. The van der Waals surface area contributed by atoms with Crippen LogP contribution in [0.4, 0.5) is 0 Å². The summed E-state index contributed by atoms with van der Waals surface area (Å²) in [5.74, 6) is 1.88. The maximum atomic E-state index is 6.00. The van der Waals surface area contributed by atoms with Crippen molar-refractivity contribution in [1.29, 1.82) is 0 Å². The molecule has 1 aliphatic rings. The molecule has 25 heavy (non-hydrogen) atoms. The smallest absolute Gasteiger partial charge is 0.188 e. The van der Waals surface area contributed by atoms with E-state index in [1.807, 2.05) is 18.2 Å². The first kappa shape index (κ1) is 19.3. The highest BCUT2D eigenvalue weighted by molar-refractivity contribution is 5.77. The maximum Gasteiger partial charge on any atom is 0.188 e. The van der Waals surface area contributed by atoms with E-state index >= 15 is 0 Å². The van der Waals surface area contributed by atoms with Crippen LogP contribution in [0.2, 0.25) is 0 Å². The highest BCUT2D eigenvalue weighted by Gasteiger charge is 2.18. The molecule has 1 aromatic carbocycles. The highest BCUT2D eigenvalue weighted by Crippen LogP contribution is 2.27. The van der Waals surface area contributed by atoms with E-state index in [2.05, 4.69) is 34.1 Å². The fraction of sp³-hybridized carbons (Fsp3) is 0.611. The molecule has 1 aromatic rings. The van der Waals surface area contributed by atoms with Gasteiger partial charge in [0, 0.05) is 38.8 Å². The Labute approximate surface area is 150 Å². The van der Waals surface area contributed by atoms with Crippen LogP contribution in [0.25, 0.3) is 0 Å². The number of likely N-dealkylation sites (N-methyl/N-ethyl adjacent to an activating group) is 1. The van der Waals surface area contributed by atoms with E-state index < -0.39 is 0 Å². The average molecular weight is 349 g/mol. The Kier molecular flexibility index (Phi) is 7.33. The number of ether oxygens (including phenoxy) is 2. The lowest BCUT2D eigenvalue weighted by molar-refractivity contribution is 0.120. The first-order valence-electron chi connectivity index (χ1n) is 8.70. The van der Waals surface area contributed by atoms with E-state index in [1.54, 1.807) is 14.2 Å². The number of aliphatic imine (C=N–C) groups is 1. The van der Waals surface area contributed by atoms with Gasteiger partial charge in [0.1, 0.15) is 0 Å². The summed E-state index contributed by atoms with van der Waals surface area (Å²) in [6.45, 7) is 7.96. The van der Waals surface area contributed by atoms with E-state index in [-0.39, 0.29) is 0 Å². The summed E-state index contributed by atoms with van der Waals surface area (Å²) in [7, 11) is 5.42. The van der Waals surface area contributed by atoms with Crippen molar-refractivity contribution in [3.05, 3.63) is 23.8 Å². The van der Waals surface area contributed by atoms with Gasteiger partial charge in [0.05, 0.1) is 20.8 Å². The lowest BCUT2D eigenvalue weighted by atomic mass is 10.2. The van der Waals surface area contributed by atoms with Crippen LogP contribution in [-0.2, 0) is 6.54 Å². The van der Waals surface area contributed by atoms with E-state index in [9.17, 15) is 0 Å². The molecule has 1 heterocycles. The van der Waals surface area contributed by atoms with Crippen molar-refractivity contribution < 1.29 is 9.47 Å². The van der Waals surface area contributed by atoms with Crippen molar-refractivity contribution in [2.75, 3.05) is 54.0 Å². The van der Waals surface area contributed by atoms with Gasteiger partial charge in [-0.2, -0.15) is 0 Å². The largest absolute Gasteiger partial charge is 0.493 e. The number of piperazine rings is 1. The first-order chi connectivity index (χ1) is 12.0. The lowest BCUT2D eigenvalue weighted by Crippen LogP contribution is -2.51. The van der Waals surface area contributed by atoms with Crippen molar-refractivity contribution in [3.63, 3.8) is 0 Å². The van der Waals surface area contributed by atoms with Crippen LogP contribution in [0.15, 0.2) is 23.2 Å². The molecule has 1 fully saturated rings. The minimum atomic E-state index is 0.434. The summed E-state index contributed by atoms with van der Waals surface area (Å²) in [5.41, 5.74) is 7.03. The van der Waals surface area contributed by atoms with Gasteiger partial charge in [-0.1, -0.05) is 6.07 Å². The number of methoxy groups -OCH3 is 2. The number of hydrogen-bond donors (Lipinski definition) is 2. The van der Waals surface area contributed by atoms with Crippen molar-refractivity contribution in [2.45, 2.75) is 19.5 Å². The third kappa shape index (κ3) is 5.79. The molecule has 0 aromatic heterocycles. The molecule has 140 valence electrons. The normalized spacial score (nSPS) is 18.0. The van der Waals surface area contributed by atoms with Crippen LogP contribution >= 0.6 is 0 Å². The Balaban J connectivity index is 1.81. The number of guanidine groups is 1. The van der Waals surface area contributed by atoms with Gasteiger partial charge >= 0.3 is 0 Å². The number of benzene rings is 1. The minimum absolute atomic E-state index is 0.434. The number of nitrogens with zero attached hydrogens (tertiary/aromatic N) is 3. The van der Waals surface area contributed by atoms with E-state index in [0.717, 1.165) is 38.3 Å². The number of hydrogen-bond acceptors (Lipinski definition) is 5. The quantitative estimate of drug-likeness (QED) is 0.559. The minimum Gasteiger partial charge on any atom is -0.493 e. The Morgan fingerprint density at radius 3 is 2.52 bits per heavy atom. The average Bonchev–Trinajstić information content (AvgIpc) is 2.64. The Hall–Kier alpha value is -1.99. The zero-order valence-corrected chi connectivity index (χ0v) is 15.8. The molecule has 2 rings (SSSR count). The first-order valence-corrected chi connectivity index (χ1v) is 8.70. The third-order valence-corrected chi connectivity index (χ3v) is 4.62. The molecule has 1 aliphatic heterocycles. The van der Waals surface area contributed by atoms with Gasteiger partial charge in [-0.05, 0) is 31.7 Å². The Bertz CT molecular complexity index is 571. The van der Waals surface area contributed by atoms with E-state index in [4.69, 9.17) is 15.2 Å². The van der Waals surface area contributed by atoms with E-state index in [1.165, 1.54) is 0 Å². The molecule has 1 unspecified atom stereocenters. The lowest BCUT2D eigenvalue weighted by Gasteiger charge is -2.36. The molecule has 0 bridgehead atoms. The van der Waals surface area contributed by atoms with Crippen LogP contribution < -0.4 is 20.5 Å². The molecule has 0 spiro atoms. The topological polar surface area (TPSA) is 75.4 Å². The molecule has 3 N–H and O–H groups in total. The molecule has 0 saturated carbocycles. The van der Waals surface area contributed by atoms with Crippen LogP contribution in [-0.4, -0.2) is 75.8 Å². The van der Waals surface area contributed by atoms with Gasteiger partial charge in [0.15, 0.2) is 17.5 Å². The molecule has 1 atom stereocenters. The second-order valence-corrected chi connectivity index (χ2v) is 6.46. The Morgan fingerprint density at radius 2 is 1.88 bits per heavy atom. The summed E-state index contributed by atoms with van der Waals surface area (Å²) in [4.78, 5) is 9.25. The SMILES string of the molecule is COc1ccc(CN=C(N)NCC(C)N2CCN(C)CC2)cc1OC. The second kappa shape index (κ2) is 9.48. The third-order valence-electron chi connectivity index (χ3n) is 4.62. The van der Waals surface area contributed by atoms with Gasteiger partial charge in [0.2, 0.25) is 0 Å². The summed E-state index contributed by atoms with van der Waals surface area (Å²) in [5, 5.41) is 3.23. The highest BCUT2D eigenvalue weighted by atomic mass is 16.5. The standard InChI is InChI=1S/C18H31N5O2/c1-14(23-9-7-22(2)8-10-23)12-20-18(19)21-13-15-5-6-16(24-3)17(11-15)25-4/h5-6,11,14H,7-10,12-13H2,1-4H3,(H3,19,20,21). The van der Waals surface area contributed by atoms with Crippen molar-refractivity contribution in [1.82, 2.24) is 15.1 Å². The number of nitrogens with two attached hydrogens (primary N) is 1. The van der Waals surface area contributed by atoms with E-state index in [0.29, 0.717) is 30.0 Å². The van der Waals surface area contributed by atoms with Gasteiger partial charge < -0.3 is 25.4 Å². The van der Waals surface area contributed by atoms with Crippen LogP contribution in [0.3, 0.4) is 0 Å². The van der Waals surface area contributed by atoms with Gasteiger partial charge in [-0.25, -0.2) is 4.99 Å². The molecule has 0 radical (unpaired) electrons. The summed E-state index contributed by atoms with van der Waals surface area (Å²) in [6, 6.07) is 6.19. The number of nitrogens with one attached hydrogen (secondary N) is 1. The predicted octanol–water partition coefficient (Wildman–Crippen LogP) is 0.744. The van der Waals surface area contributed by atoms with Gasteiger partial charge in [-0.15, -0.1) is 0 Å². The molecular weight excluding hydrogens is 318 g/mol. The molecule has 7 nitrogen and oxygen atoms in total. The van der Waals surface area contributed by atoms with Crippen molar-refractivity contribution in [3.8, 4) is 11.5 Å². The maximum absolute atomic E-state index is 6.00. The van der Waals surface area contributed by atoms with Gasteiger partial charge in [-0.3, -0.25) is 4.90 Å². The Morgan fingerprint density at radius 1 is 1.20 bits per heavy atom. The van der Waals surface area contributed by atoms with Crippen LogP contribution in [0.5, 0.6) is 11.5 Å². The summed E-state index contributed by atoms with van der Waals surface area (Å²) < 4.78 is 10.5. The number of rotatable bonds is 7. The molecule has 0 aliphatic carbocycles. The van der Waals surface area contributed by atoms with Crippen molar-refractivity contribution in [2.24, 2.45) is 10.7 Å². The zero-order valence-electron chi connectivity index (χ0n) is 15.8. The zero-order chi connectivity index (χ0) is 18.2. The summed E-state index contributed by atoms with van der Waals surface area (Å²) in [6.07, 6.45) is 0. The molecule has 7 heteroatoms. The molecule has 1 saturated heterocycles. The predicted molar refractivity (Wildman–Crippen MR) is 101 cm³/mol. The van der Waals surface area contributed by atoms with Gasteiger partial charge in [0.25, 0.3) is 0 Å².